The van der Waals surface area contributed by atoms with Gasteiger partial charge in [0.2, 0.25) is 0 Å². The lowest BCUT2D eigenvalue weighted by Crippen LogP contribution is -2.13. The van der Waals surface area contributed by atoms with Crippen LogP contribution in [0.25, 0.3) is 10.6 Å². The highest BCUT2D eigenvalue weighted by Crippen LogP contribution is 2.29. The maximum absolute atomic E-state index is 9.36. The molecule has 0 aliphatic carbocycles. The number of aryl methyl sites for hydroxylation is 1. The van der Waals surface area contributed by atoms with Crippen molar-refractivity contribution in [3.63, 3.8) is 0 Å². The van der Waals surface area contributed by atoms with E-state index in [4.69, 9.17) is 4.98 Å². The molecule has 0 fully saturated rings. The van der Waals surface area contributed by atoms with Gasteiger partial charge in [0.1, 0.15) is 10.8 Å². The fourth-order valence-corrected chi connectivity index (χ4v) is 3.14. The Bertz CT molecular complexity index is 534. The maximum atomic E-state index is 9.36. The van der Waals surface area contributed by atoms with E-state index in [2.05, 4.69) is 19.2 Å². The zero-order chi connectivity index (χ0) is 14.4. The average Bonchev–Trinajstić information content (AvgIpc) is 2.84. The smallest absolute Gasteiger partial charge is 0.123 e. The van der Waals surface area contributed by atoms with Crippen LogP contribution in [0.4, 0.5) is 0 Å². The quantitative estimate of drug-likeness (QED) is 0.758. The molecule has 0 saturated heterocycles. The lowest BCUT2D eigenvalue weighted by Gasteiger charge is -2.02. The van der Waals surface area contributed by atoms with Crippen molar-refractivity contribution in [1.82, 2.24) is 10.3 Å². The maximum Gasteiger partial charge on any atom is 0.123 e. The van der Waals surface area contributed by atoms with Crippen molar-refractivity contribution in [2.45, 2.75) is 39.7 Å². The summed E-state index contributed by atoms with van der Waals surface area (Å²) in [5.41, 5.74) is 2.29. The van der Waals surface area contributed by atoms with Crippen LogP contribution in [0, 0.1) is 0 Å². The Morgan fingerprint density at radius 1 is 1.15 bits per heavy atom. The van der Waals surface area contributed by atoms with Crippen LogP contribution >= 0.6 is 11.3 Å². The minimum absolute atomic E-state index is 0.295. The van der Waals surface area contributed by atoms with Crippen LogP contribution in [0.5, 0.6) is 5.75 Å². The molecular weight excluding hydrogens is 268 g/mol. The lowest BCUT2D eigenvalue weighted by atomic mass is 10.2. The molecule has 0 amide bonds. The number of rotatable bonds is 7. The third-order valence-electron chi connectivity index (χ3n) is 3.09. The first kappa shape index (κ1) is 15.0. The molecule has 1 heterocycles. The Labute approximate surface area is 124 Å². The van der Waals surface area contributed by atoms with Crippen LogP contribution < -0.4 is 5.32 Å². The Balaban J connectivity index is 2.21. The van der Waals surface area contributed by atoms with Gasteiger partial charge in [-0.05, 0) is 43.7 Å². The predicted octanol–water partition coefficient (Wildman–Crippen LogP) is 3.97. The molecule has 1 aromatic heterocycles. The third-order valence-corrected chi connectivity index (χ3v) is 4.24. The van der Waals surface area contributed by atoms with Crippen molar-refractivity contribution in [3.05, 3.63) is 34.8 Å². The number of benzene rings is 1. The molecule has 0 radical (unpaired) electrons. The summed E-state index contributed by atoms with van der Waals surface area (Å²) in [4.78, 5) is 6.11. The van der Waals surface area contributed by atoms with E-state index in [1.54, 1.807) is 23.5 Å². The van der Waals surface area contributed by atoms with Gasteiger partial charge in [0, 0.05) is 17.0 Å². The van der Waals surface area contributed by atoms with E-state index in [0.717, 1.165) is 42.9 Å². The average molecular weight is 290 g/mol. The van der Waals surface area contributed by atoms with E-state index < -0.39 is 0 Å². The molecule has 1 aromatic carbocycles. The number of hydrogen-bond acceptors (Lipinski definition) is 4. The highest BCUT2D eigenvalue weighted by molar-refractivity contribution is 7.15. The van der Waals surface area contributed by atoms with E-state index >= 15 is 0 Å². The molecule has 0 aliphatic rings. The van der Waals surface area contributed by atoms with Crippen LogP contribution in [-0.2, 0) is 13.0 Å². The van der Waals surface area contributed by atoms with Crippen molar-refractivity contribution in [2.75, 3.05) is 6.54 Å². The van der Waals surface area contributed by atoms with Crippen LogP contribution in [0.1, 0.15) is 37.3 Å². The molecule has 3 nitrogen and oxygen atoms in total. The van der Waals surface area contributed by atoms with Gasteiger partial charge in [-0.1, -0.05) is 20.3 Å². The third kappa shape index (κ3) is 3.81. The van der Waals surface area contributed by atoms with Crippen molar-refractivity contribution in [1.29, 1.82) is 0 Å². The Morgan fingerprint density at radius 3 is 2.55 bits per heavy atom. The van der Waals surface area contributed by atoms with Gasteiger partial charge in [-0.25, -0.2) is 4.98 Å². The summed E-state index contributed by atoms with van der Waals surface area (Å²) in [5.74, 6) is 0.295. The molecule has 0 aliphatic heterocycles. The monoisotopic (exact) mass is 290 g/mol. The zero-order valence-corrected chi connectivity index (χ0v) is 13.0. The first-order valence-corrected chi connectivity index (χ1v) is 8.05. The van der Waals surface area contributed by atoms with Gasteiger partial charge in [-0.3, -0.25) is 0 Å². The first-order valence-electron chi connectivity index (χ1n) is 7.23. The van der Waals surface area contributed by atoms with Gasteiger partial charge >= 0.3 is 0 Å². The minimum Gasteiger partial charge on any atom is -0.508 e. The molecular formula is C16H22N2OS. The van der Waals surface area contributed by atoms with Gasteiger partial charge in [0.05, 0.1) is 5.69 Å². The zero-order valence-electron chi connectivity index (χ0n) is 12.1. The number of thiazole rings is 1. The van der Waals surface area contributed by atoms with Crippen LogP contribution in [0.2, 0.25) is 0 Å². The minimum atomic E-state index is 0.295. The molecule has 0 spiro atoms. The second-order valence-electron chi connectivity index (χ2n) is 4.86. The molecule has 0 saturated carbocycles. The lowest BCUT2D eigenvalue weighted by molar-refractivity contribution is 0.475. The number of aromatic nitrogens is 1. The molecule has 108 valence electrons. The number of nitrogens with one attached hydrogen (secondary N) is 1. The Morgan fingerprint density at radius 2 is 1.90 bits per heavy atom. The molecule has 2 rings (SSSR count). The van der Waals surface area contributed by atoms with E-state index in [9.17, 15) is 5.11 Å². The molecule has 4 heteroatoms. The summed E-state index contributed by atoms with van der Waals surface area (Å²) in [7, 11) is 0. The summed E-state index contributed by atoms with van der Waals surface area (Å²) >= 11 is 1.75. The summed E-state index contributed by atoms with van der Waals surface area (Å²) < 4.78 is 0. The predicted molar refractivity (Wildman–Crippen MR) is 85.2 cm³/mol. The summed E-state index contributed by atoms with van der Waals surface area (Å²) in [6.45, 7) is 6.30. The van der Waals surface area contributed by atoms with E-state index in [1.165, 1.54) is 10.6 Å². The normalized spacial score (nSPS) is 10.9. The molecule has 2 N–H and O–H groups in total. The van der Waals surface area contributed by atoms with Crippen LogP contribution in [0.3, 0.4) is 0 Å². The van der Waals surface area contributed by atoms with E-state index in [1.807, 2.05) is 12.1 Å². The van der Waals surface area contributed by atoms with E-state index in [0.29, 0.717) is 5.75 Å². The van der Waals surface area contributed by atoms with Crippen molar-refractivity contribution in [2.24, 2.45) is 0 Å². The number of phenolic OH excluding ortho intramolecular Hbond substituents is 1. The Hall–Kier alpha value is -1.39. The molecule has 0 bridgehead atoms. The van der Waals surface area contributed by atoms with E-state index in [-0.39, 0.29) is 0 Å². The number of aromatic hydroxyl groups is 1. The second-order valence-corrected chi connectivity index (χ2v) is 5.95. The van der Waals surface area contributed by atoms with Gasteiger partial charge in [-0.2, -0.15) is 0 Å². The fourth-order valence-electron chi connectivity index (χ4n) is 2.06. The van der Waals surface area contributed by atoms with Crippen molar-refractivity contribution < 1.29 is 5.11 Å². The molecule has 20 heavy (non-hydrogen) atoms. The molecule has 0 unspecified atom stereocenters. The summed E-state index contributed by atoms with van der Waals surface area (Å²) in [5, 5.41) is 13.9. The van der Waals surface area contributed by atoms with Crippen molar-refractivity contribution in [3.8, 4) is 16.3 Å². The number of nitrogens with zero attached hydrogens (tertiary/aromatic N) is 1. The first-order chi connectivity index (χ1) is 9.74. The second kappa shape index (κ2) is 7.41. The van der Waals surface area contributed by atoms with Crippen molar-refractivity contribution >= 4 is 11.3 Å². The molecule has 2 aromatic rings. The van der Waals surface area contributed by atoms with Gasteiger partial charge in [-0.15, -0.1) is 11.3 Å². The van der Waals surface area contributed by atoms with Gasteiger partial charge in [0.25, 0.3) is 0 Å². The molecule has 0 atom stereocenters. The highest BCUT2D eigenvalue weighted by atomic mass is 32.1. The van der Waals surface area contributed by atoms with Crippen LogP contribution in [0.15, 0.2) is 24.3 Å². The largest absolute Gasteiger partial charge is 0.508 e. The summed E-state index contributed by atoms with van der Waals surface area (Å²) in [6.07, 6.45) is 3.28. The number of phenols is 1. The summed E-state index contributed by atoms with van der Waals surface area (Å²) in [6, 6.07) is 7.27. The van der Waals surface area contributed by atoms with Crippen LogP contribution in [-0.4, -0.2) is 16.6 Å². The standard InChI is InChI=1S/C16H22N2OS/c1-3-5-14-15(11-17-10-4-2)20-16(18-14)12-6-8-13(19)9-7-12/h6-9,17,19H,3-5,10-11H2,1-2H3. The topological polar surface area (TPSA) is 45.1 Å². The number of hydrogen-bond donors (Lipinski definition) is 2. The fraction of sp³-hybridized carbons (Fsp3) is 0.438. The van der Waals surface area contributed by atoms with Gasteiger partial charge < -0.3 is 10.4 Å². The SMILES string of the molecule is CCCNCc1sc(-c2ccc(O)cc2)nc1CCC. The highest BCUT2D eigenvalue weighted by Gasteiger charge is 2.11. The van der Waals surface area contributed by atoms with Gasteiger partial charge in [0.15, 0.2) is 0 Å². The Kier molecular flexibility index (Phi) is 5.56.